The molecule has 3 nitrogen and oxygen atoms in total. The van der Waals surface area contributed by atoms with Gasteiger partial charge in [-0.25, -0.2) is 0 Å². The minimum absolute atomic E-state index is 0.135. The van der Waals surface area contributed by atoms with Gasteiger partial charge in [0.05, 0.1) is 5.69 Å². The molecule has 1 aromatic heterocycles. The molecular formula is C10H9NO2. The Balaban J connectivity index is 2.59. The average molecular weight is 175 g/mol. The van der Waals surface area contributed by atoms with Crippen molar-refractivity contribution in [2.75, 3.05) is 0 Å². The van der Waals surface area contributed by atoms with Crippen molar-refractivity contribution in [2.24, 2.45) is 0 Å². The number of rotatable bonds is 1. The van der Waals surface area contributed by atoms with Gasteiger partial charge in [0.1, 0.15) is 5.76 Å². The molecule has 0 aliphatic carbocycles. The van der Waals surface area contributed by atoms with Crippen molar-refractivity contribution in [3.05, 3.63) is 52.5 Å². The Morgan fingerprint density at radius 3 is 2.46 bits per heavy atom. The highest BCUT2D eigenvalue weighted by Crippen LogP contribution is 2.05. The summed E-state index contributed by atoms with van der Waals surface area (Å²) in [6.07, 6.45) is 0. The lowest BCUT2D eigenvalue weighted by molar-refractivity contribution is 0.322. The van der Waals surface area contributed by atoms with E-state index in [2.05, 4.69) is 0 Å². The predicted molar refractivity (Wildman–Crippen MR) is 49.0 cm³/mol. The van der Waals surface area contributed by atoms with Gasteiger partial charge in [0, 0.05) is 6.07 Å². The molecular weight excluding hydrogens is 166 g/mol. The lowest BCUT2D eigenvalue weighted by Gasteiger charge is -1.97. The second-order valence-corrected chi connectivity index (χ2v) is 2.81. The second kappa shape index (κ2) is 2.94. The molecule has 66 valence electrons. The highest BCUT2D eigenvalue weighted by Gasteiger charge is 2.02. The van der Waals surface area contributed by atoms with Crippen LogP contribution in [0.2, 0.25) is 0 Å². The van der Waals surface area contributed by atoms with Crippen LogP contribution in [0.5, 0.6) is 0 Å². The van der Waals surface area contributed by atoms with E-state index in [9.17, 15) is 4.79 Å². The third kappa shape index (κ3) is 1.40. The molecule has 2 rings (SSSR count). The molecule has 13 heavy (non-hydrogen) atoms. The molecule has 0 saturated carbocycles. The summed E-state index contributed by atoms with van der Waals surface area (Å²) in [5.41, 5.74) is 0.615. The van der Waals surface area contributed by atoms with E-state index in [-0.39, 0.29) is 5.56 Å². The third-order valence-electron chi connectivity index (χ3n) is 1.75. The SMILES string of the molecule is Cc1cc(=O)n(-c2ccccc2)o1. The summed E-state index contributed by atoms with van der Waals surface area (Å²) in [6, 6.07) is 10.7. The van der Waals surface area contributed by atoms with Crippen LogP contribution in [0.4, 0.5) is 0 Å². The maximum absolute atomic E-state index is 11.3. The zero-order valence-electron chi connectivity index (χ0n) is 7.23. The molecule has 1 aromatic carbocycles. The fourth-order valence-corrected chi connectivity index (χ4v) is 1.19. The molecule has 0 spiro atoms. The highest BCUT2D eigenvalue weighted by atomic mass is 16.5. The van der Waals surface area contributed by atoms with E-state index in [1.807, 2.05) is 30.3 Å². The second-order valence-electron chi connectivity index (χ2n) is 2.81. The van der Waals surface area contributed by atoms with Crippen molar-refractivity contribution < 1.29 is 4.52 Å². The summed E-state index contributed by atoms with van der Waals surface area (Å²) in [7, 11) is 0. The van der Waals surface area contributed by atoms with Gasteiger partial charge in [-0.3, -0.25) is 4.79 Å². The van der Waals surface area contributed by atoms with Gasteiger partial charge in [0.25, 0.3) is 5.56 Å². The van der Waals surface area contributed by atoms with Gasteiger partial charge < -0.3 is 4.52 Å². The Kier molecular flexibility index (Phi) is 1.77. The van der Waals surface area contributed by atoms with Crippen molar-refractivity contribution in [1.82, 2.24) is 4.74 Å². The van der Waals surface area contributed by atoms with Crippen LogP contribution in [0, 0.1) is 6.92 Å². The maximum atomic E-state index is 11.3. The molecule has 0 atom stereocenters. The van der Waals surface area contributed by atoms with Crippen LogP contribution >= 0.6 is 0 Å². The van der Waals surface area contributed by atoms with Crippen molar-refractivity contribution in [2.45, 2.75) is 6.92 Å². The first-order valence-corrected chi connectivity index (χ1v) is 4.03. The Labute approximate surface area is 75.2 Å². The summed E-state index contributed by atoms with van der Waals surface area (Å²) >= 11 is 0. The van der Waals surface area contributed by atoms with E-state index in [4.69, 9.17) is 4.52 Å². The number of nitrogens with zero attached hydrogens (tertiary/aromatic N) is 1. The predicted octanol–water partition coefficient (Wildman–Crippen LogP) is 1.74. The van der Waals surface area contributed by atoms with Crippen molar-refractivity contribution >= 4 is 0 Å². The average Bonchev–Trinajstić information content (AvgIpc) is 2.47. The van der Waals surface area contributed by atoms with Gasteiger partial charge in [-0.2, -0.15) is 0 Å². The van der Waals surface area contributed by atoms with E-state index in [0.717, 1.165) is 5.69 Å². The van der Waals surface area contributed by atoms with Gasteiger partial charge >= 0.3 is 0 Å². The quantitative estimate of drug-likeness (QED) is 0.661. The molecule has 0 aliphatic heterocycles. The van der Waals surface area contributed by atoms with Crippen LogP contribution in [0.15, 0.2) is 45.7 Å². The van der Waals surface area contributed by atoms with Crippen LogP contribution < -0.4 is 5.56 Å². The summed E-state index contributed by atoms with van der Waals surface area (Å²) in [6.45, 7) is 1.75. The number of hydrogen-bond acceptors (Lipinski definition) is 2. The Hall–Kier alpha value is -1.77. The molecule has 0 bridgehead atoms. The Morgan fingerprint density at radius 2 is 1.92 bits per heavy atom. The normalized spacial score (nSPS) is 10.2. The van der Waals surface area contributed by atoms with Crippen LogP contribution in [0.1, 0.15) is 5.76 Å². The molecule has 1 heterocycles. The summed E-state index contributed by atoms with van der Waals surface area (Å²) in [5.74, 6) is 0.619. The zero-order valence-corrected chi connectivity index (χ0v) is 7.23. The molecule has 0 N–H and O–H groups in total. The molecule has 0 radical (unpaired) electrons. The number of aromatic nitrogens is 1. The van der Waals surface area contributed by atoms with E-state index in [0.29, 0.717) is 5.76 Å². The third-order valence-corrected chi connectivity index (χ3v) is 1.75. The maximum Gasteiger partial charge on any atom is 0.287 e. The molecule has 2 aromatic rings. The monoisotopic (exact) mass is 175 g/mol. The number of benzene rings is 1. The summed E-state index contributed by atoms with van der Waals surface area (Å²) < 4.78 is 6.48. The van der Waals surface area contributed by atoms with Gasteiger partial charge in [0.15, 0.2) is 0 Å². The van der Waals surface area contributed by atoms with E-state index < -0.39 is 0 Å². The molecule has 0 fully saturated rings. The van der Waals surface area contributed by atoms with E-state index >= 15 is 0 Å². The first-order chi connectivity index (χ1) is 6.27. The number of aryl methyl sites for hydroxylation is 1. The smallest absolute Gasteiger partial charge is 0.287 e. The highest BCUT2D eigenvalue weighted by molar-refractivity contribution is 5.29. The summed E-state index contributed by atoms with van der Waals surface area (Å²) in [5, 5.41) is 0. The van der Waals surface area contributed by atoms with Gasteiger partial charge in [-0.1, -0.05) is 18.2 Å². The fraction of sp³-hybridized carbons (Fsp3) is 0.100. The summed E-state index contributed by atoms with van der Waals surface area (Å²) in [4.78, 5) is 11.3. The topological polar surface area (TPSA) is 35.1 Å². The number of para-hydroxylation sites is 1. The minimum Gasteiger partial charge on any atom is -0.376 e. The van der Waals surface area contributed by atoms with Crippen LogP contribution in [-0.4, -0.2) is 4.74 Å². The van der Waals surface area contributed by atoms with E-state index in [1.165, 1.54) is 10.8 Å². The van der Waals surface area contributed by atoms with Crippen LogP contribution in [0.25, 0.3) is 5.69 Å². The lowest BCUT2D eigenvalue weighted by Crippen LogP contribution is -2.10. The molecule has 0 unspecified atom stereocenters. The van der Waals surface area contributed by atoms with Crippen molar-refractivity contribution in [1.29, 1.82) is 0 Å². The van der Waals surface area contributed by atoms with Gasteiger partial charge in [-0.05, 0) is 19.1 Å². The first-order valence-electron chi connectivity index (χ1n) is 4.03. The minimum atomic E-state index is -0.135. The number of hydrogen-bond donors (Lipinski definition) is 0. The Morgan fingerprint density at radius 1 is 1.23 bits per heavy atom. The van der Waals surface area contributed by atoms with Crippen LogP contribution in [0.3, 0.4) is 0 Å². The van der Waals surface area contributed by atoms with Gasteiger partial charge in [0.2, 0.25) is 0 Å². The fourth-order valence-electron chi connectivity index (χ4n) is 1.19. The van der Waals surface area contributed by atoms with Crippen molar-refractivity contribution in [3.63, 3.8) is 0 Å². The van der Waals surface area contributed by atoms with Gasteiger partial charge in [-0.15, -0.1) is 4.74 Å². The molecule has 0 saturated heterocycles. The molecule has 0 amide bonds. The standard InChI is InChI=1S/C10H9NO2/c1-8-7-10(12)11(13-8)9-5-3-2-4-6-9/h2-7H,1H3. The van der Waals surface area contributed by atoms with Crippen LogP contribution in [-0.2, 0) is 0 Å². The molecule has 0 aliphatic rings. The van der Waals surface area contributed by atoms with Crippen molar-refractivity contribution in [3.8, 4) is 5.69 Å². The molecule has 3 heteroatoms. The lowest BCUT2D eigenvalue weighted by atomic mass is 10.3. The largest absolute Gasteiger partial charge is 0.376 e. The Bertz CT molecular complexity index is 453. The zero-order chi connectivity index (χ0) is 9.26. The van der Waals surface area contributed by atoms with E-state index in [1.54, 1.807) is 6.92 Å². The first kappa shape index (κ1) is 7.86.